The third-order valence-corrected chi connectivity index (χ3v) is 4.64. The van der Waals surface area contributed by atoms with Crippen molar-refractivity contribution in [2.75, 3.05) is 19.5 Å². The molecule has 4 rings (SSSR count). The van der Waals surface area contributed by atoms with Crippen LogP contribution in [0, 0.1) is 0 Å². The van der Waals surface area contributed by atoms with E-state index in [1.807, 2.05) is 18.2 Å². The average molecular weight is 359 g/mol. The number of fused-ring (bicyclic) bond motifs is 3. The van der Waals surface area contributed by atoms with Crippen molar-refractivity contribution in [1.82, 2.24) is 0 Å². The molecule has 27 heavy (non-hydrogen) atoms. The van der Waals surface area contributed by atoms with Crippen molar-refractivity contribution in [3.63, 3.8) is 0 Å². The predicted molar refractivity (Wildman–Crippen MR) is 103 cm³/mol. The van der Waals surface area contributed by atoms with E-state index in [0.29, 0.717) is 39.4 Å². The molecule has 0 spiro atoms. The largest absolute Gasteiger partial charge is 0.493 e. The van der Waals surface area contributed by atoms with Crippen molar-refractivity contribution in [2.45, 2.75) is 0 Å². The fourth-order valence-corrected chi connectivity index (χ4v) is 3.38. The van der Waals surface area contributed by atoms with E-state index in [1.165, 1.54) is 7.11 Å². The molecule has 1 aliphatic carbocycles. The predicted octanol–water partition coefficient (Wildman–Crippen LogP) is 4.17. The van der Waals surface area contributed by atoms with Gasteiger partial charge in [-0.15, -0.1) is 0 Å². The summed E-state index contributed by atoms with van der Waals surface area (Å²) in [4.78, 5) is 25.6. The second-order valence-corrected chi connectivity index (χ2v) is 6.13. The van der Waals surface area contributed by atoms with Gasteiger partial charge < -0.3 is 14.8 Å². The summed E-state index contributed by atoms with van der Waals surface area (Å²) in [5, 5.41) is 2.87. The Kier molecular flexibility index (Phi) is 4.12. The zero-order valence-corrected chi connectivity index (χ0v) is 14.9. The number of amides is 1. The first kappa shape index (κ1) is 16.8. The highest BCUT2D eigenvalue weighted by atomic mass is 16.5. The first-order chi connectivity index (χ1) is 13.1. The van der Waals surface area contributed by atoms with Crippen LogP contribution in [-0.4, -0.2) is 25.9 Å². The highest BCUT2D eigenvalue weighted by Crippen LogP contribution is 2.39. The molecule has 0 unspecified atom stereocenters. The quantitative estimate of drug-likeness (QED) is 0.594. The van der Waals surface area contributed by atoms with Gasteiger partial charge in [-0.1, -0.05) is 36.4 Å². The van der Waals surface area contributed by atoms with E-state index < -0.39 is 0 Å². The van der Waals surface area contributed by atoms with Gasteiger partial charge >= 0.3 is 0 Å². The first-order valence-corrected chi connectivity index (χ1v) is 8.44. The molecule has 0 heterocycles. The summed E-state index contributed by atoms with van der Waals surface area (Å²) in [6.07, 6.45) is 0. The number of methoxy groups -OCH3 is 2. The van der Waals surface area contributed by atoms with Crippen LogP contribution in [0.5, 0.6) is 11.5 Å². The molecule has 0 atom stereocenters. The number of hydrogen-bond acceptors (Lipinski definition) is 4. The lowest BCUT2D eigenvalue weighted by atomic mass is 9.99. The molecule has 0 aliphatic heterocycles. The molecule has 0 aromatic heterocycles. The number of anilines is 1. The van der Waals surface area contributed by atoms with Crippen LogP contribution in [0.4, 0.5) is 5.69 Å². The smallest absolute Gasteiger partial charge is 0.256 e. The van der Waals surface area contributed by atoms with E-state index >= 15 is 0 Å². The molecule has 5 heteroatoms. The van der Waals surface area contributed by atoms with E-state index in [1.54, 1.807) is 49.6 Å². The molecule has 1 amide bonds. The maximum atomic E-state index is 12.9. The summed E-state index contributed by atoms with van der Waals surface area (Å²) in [5.74, 6) is 0.759. The van der Waals surface area contributed by atoms with E-state index in [2.05, 4.69) is 5.32 Å². The normalized spacial score (nSPS) is 11.6. The number of ketones is 1. The number of nitrogens with one attached hydrogen (secondary N) is 1. The van der Waals surface area contributed by atoms with Crippen molar-refractivity contribution in [3.05, 3.63) is 77.4 Å². The second-order valence-electron chi connectivity index (χ2n) is 6.13. The molecule has 5 nitrogen and oxygen atoms in total. The van der Waals surface area contributed by atoms with E-state index in [9.17, 15) is 9.59 Å². The summed E-state index contributed by atoms with van der Waals surface area (Å²) < 4.78 is 10.5. The molecule has 1 aliphatic rings. The summed E-state index contributed by atoms with van der Waals surface area (Å²) >= 11 is 0. The molecule has 0 saturated heterocycles. The number of hydrogen-bond donors (Lipinski definition) is 1. The van der Waals surface area contributed by atoms with Gasteiger partial charge in [-0.2, -0.15) is 0 Å². The van der Waals surface area contributed by atoms with Crippen LogP contribution in [0.2, 0.25) is 0 Å². The van der Waals surface area contributed by atoms with Gasteiger partial charge in [0.25, 0.3) is 5.91 Å². The van der Waals surface area contributed by atoms with Gasteiger partial charge in [0.2, 0.25) is 0 Å². The first-order valence-electron chi connectivity index (χ1n) is 8.44. The number of carbonyl (C=O) groups is 2. The van der Waals surface area contributed by atoms with Crippen molar-refractivity contribution < 1.29 is 19.1 Å². The molecule has 1 N–H and O–H groups in total. The van der Waals surface area contributed by atoms with Crippen LogP contribution in [0.3, 0.4) is 0 Å². The Bertz CT molecular complexity index is 1070. The Labute approximate surface area is 156 Å². The molecule has 0 fully saturated rings. The van der Waals surface area contributed by atoms with Crippen LogP contribution in [0.1, 0.15) is 26.3 Å². The van der Waals surface area contributed by atoms with Gasteiger partial charge in [-0.25, -0.2) is 0 Å². The lowest BCUT2D eigenvalue weighted by Gasteiger charge is -2.12. The minimum absolute atomic E-state index is 0.0543. The minimum Gasteiger partial charge on any atom is -0.493 e. The Balaban J connectivity index is 1.73. The SMILES string of the molecule is COc1ccc(NC(=O)c2cccc3c2-c2ccccc2C3=O)cc1OC. The Morgan fingerprint density at radius 3 is 2.26 bits per heavy atom. The average Bonchev–Trinajstić information content (AvgIpc) is 3.00. The monoisotopic (exact) mass is 359 g/mol. The number of benzene rings is 3. The lowest BCUT2D eigenvalue weighted by molar-refractivity contribution is 0.102. The fourth-order valence-electron chi connectivity index (χ4n) is 3.38. The molecule has 3 aromatic rings. The Morgan fingerprint density at radius 1 is 0.815 bits per heavy atom. The second kappa shape index (κ2) is 6.61. The molecule has 3 aromatic carbocycles. The Morgan fingerprint density at radius 2 is 1.52 bits per heavy atom. The molecule has 0 radical (unpaired) electrons. The van der Waals surface area contributed by atoms with Gasteiger partial charge in [0.1, 0.15) is 0 Å². The van der Waals surface area contributed by atoms with Gasteiger partial charge in [-0.3, -0.25) is 9.59 Å². The fraction of sp³-hybridized carbons (Fsp3) is 0.0909. The van der Waals surface area contributed by atoms with Gasteiger partial charge in [-0.05, 0) is 23.8 Å². The van der Waals surface area contributed by atoms with E-state index in [-0.39, 0.29) is 11.7 Å². The summed E-state index contributed by atoms with van der Waals surface area (Å²) in [7, 11) is 3.09. The van der Waals surface area contributed by atoms with Gasteiger partial charge in [0.15, 0.2) is 17.3 Å². The highest BCUT2D eigenvalue weighted by Gasteiger charge is 2.30. The minimum atomic E-state index is -0.288. The molecular weight excluding hydrogens is 342 g/mol. The third-order valence-electron chi connectivity index (χ3n) is 4.64. The van der Waals surface area contributed by atoms with Gasteiger partial charge in [0, 0.05) is 34.0 Å². The number of rotatable bonds is 4. The van der Waals surface area contributed by atoms with Crippen molar-refractivity contribution >= 4 is 17.4 Å². The van der Waals surface area contributed by atoms with Crippen LogP contribution >= 0.6 is 0 Å². The van der Waals surface area contributed by atoms with E-state index in [0.717, 1.165) is 5.56 Å². The molecule has 0 saturated carbocycles. The van der Waals surface area contributed by atoms with Crippen LogP contribution in [0.15, 0.2) is 60.7 Å². The molecule has 134 valence electrons. The molecule has 0 bridgehead atoms. The van der Waals surface area contributed by atoms with Crippen LogP contribution in [0.25, 0.3) is 11.1 Å². The summed E-state index contributed by atoms with van der Waals surface area (Å²) in [6.45, 7) is 0. The number of ether oxygens (including phenoxy) is 2. The third kappa shape index (κ3) is 2.73. The van der Waals surface area contributed by atoms with Crippen molar-refractivity contribution in [3.8, 4) is 22.6 Å². The van der Waals surface area contributed by atoms with Gasteiger partial charge in [0.05, 0.1) is 14.2 Å². The van der Waals surface area contributed by atoms with E-state index in [4.69, 9.17) is 9.47 Å². The van der Waals surface area contributed by atoms with Crippen molar-refractivity contribution in [2.24, 2.45) is 0 Å². The van der Waals surface area contributed by atoms with Crippen LogP contribution < -0.4 is 14.8 Å². The highest BCUT2D eigenvalue weighted by molar-refractivity contribution is 6.25. The number of carbonyl (C=O) groups excluding carboxylic acids is 2. The lowest BCUT2D eigenvalue weighted by Crippen LogP contribution is -2.13. The zero-order chi connectivity index (χ0) is 19.0. The van der Waals surface area contributed by atoms with Crippen LogP contribution in [-0.2, 0) is 0 Å². The maximum absolute atomic E-state index is 12.9. The standard InChI is InChI=1S/C22H17NO4/c1-26-18-11-10-13(12-19(18)27-2)23-22(25)17-9-5-8-16-20(17)14-6-3-4-7-15(14)21(16)24/h3-12H,1-2H3,(H,23,25). The summed E-state index contributed by atoms with van der Waals surface area (Å²) in [6, 6.07) is 17.7. The maximum Gasteiger partial charge on any atom is 0.256 e. The zero-order valence-electron chi connectivity index (χ0n) is 14.9. The van der Waals surface area contributed by atoms with Crippen molar-refractivity contribution in [1.29, 1.82) is 0 Å². The molecular formula is C22H17NO4. The Hall–Kier alpha value is -3.60. The summed E-state index contributed by atoms with van der Waals surface area (Å²) in [5.41, 5.74) is 3.68. The topological polar surface area (TPSA) is 64.6 Å².